The quantitative estimate of drug-likeness (QED) is 0.810. The number of hydrogen-bond acceptors (Lipinski definition) is 3. The van der Waals surface area contributed by atoms with E-state index in [1.54, 1.807) is 14.2 Å². The molecule has 0 radical (unpaired) electrons. The van der Waals surface area contributed by atoms with Gasteiger partial charge in [-0.15, -0.1) is 0 Å². The first-order chi connectivity index (χ1) is 8.06. The van der Waals surface area contributed by atoms with E-state index in [1.165, 1.54) is 0 Å². The lowest BCUT2D eigenvalue weighted by Crippen LogP contribution is -2.14. The maximum absolute atomic E-state index is 11.8. The third kappa shape index (κ3) is 4.48. The molecule has 17 heavy (non-hydrogen) atoms. The lowest BCUT2D eigenvalue weighted by Gasteiger charge is -2.10. The molecule has 1 unspecified atom stereocenters. The molecule has 0 fully saturated rings. The normalized spacial score (nSPS) is 12.2. The molecule has 1 aromatic rings. The summed E-state index contributed by atoms with van der Waals surface area (Å²) in [6.45, 7) is 1.89. The van der Waals surface area contributed by atoms with Gasteiger partial charge in [0.25, 0.3) is 0 Å². The van der Waals surface area contributed by atoms with Gasteiger partial charge in [-0.25, -0.2) is 0 Å². The molecule has 0 aliphatic rings. The molecule has 0 aliphatic heterocycles. The summed E-state index contributed by atoms with van der Waals surface area (Å²) in [7, 11) is 3.22. The molecule has 0 aliphatic carbocycles. The van der Waals surface area contributed by atoms with Crippen LogP contribution >= 0.6 is 15.9 Å². The molecule has 94 valence electrons. The predicted molar refractivity (Wildman–Crippen MR) is 70.5 cm³/mol. The summed E-state index contributed by atoms with van der Waals surface area (Å²) in [6, 6.07) is 5.62. The van der Waals surface area contributed by atoms with E-state index in [0.29, 0.717) is 12.8 Å². The molecule has 0 saturated heterocycles. The smallest absolute Gasteiger partial charge is 0.139 e. The molecule has 0 saturated carbocycles. The first kappa shape index (κ1) is 14.2. The van der Waals surface area contributed by atoms with Gasteiger partial charge in [0.05, 0.1) is 13.2 Å². The summed E-state index contributed by atoms with van der Waals surface area (Å²) in [6.07, 6.45) is 0.790. The number of ketones is 1. The third-order valence-corrected chi connectivity index (χ3v) is 3.33. The van der Waals surface area contributed by atoms with Gasteiger partial charge >= 0.3 is 0 Å². The standard InChI is InChI=1S/C13H17BrO3/c1-9(16-2)6-11(15)7-10-8-12(17-3)4-5-13(10)14/h4-5,8-9H,6-7H2,1-3H3. The number of ether oxygens (including phenoxy) is 2. The number of carbonyl (C=O) groups excluding carboxylic acids is 1. The molecular weight excluding hydrogens is 284 g/mol. The van der Waals surface area contributed by atoms with Gasteiger partial charge in [0.1, 0.15) is 11.5 Å². The summed E-state index contributed by atoms with van der Waals surface area (Å²) in [4.78, 5) is 11.8. The Morgan fingerprint density at radius 1 is 1.41 bits per heavy atom. The van der Waals surface area contributed by atoms with Crippen LogP contribution in [0.2, 0.25) is 0 Å². The topological polar surface area (TPSA) is 35.5 Å². The van der Waals surface area contributed by atoms with Crippen molar-refractivity contribution in [3.05, 3.63) is 28.2 Å². The van der Waals surface area contributed by atoms with E-state index in [9.17, 15) is 4.79 Å². The molecule has 0 aromatic heterocycles. The second-order valence-corrected chi connectivity index (χ2v) is 4.78. The molecule has 0 spiro atoms. The Balaban J connectivity index is 2.70. The molecule has 4 heteroatoms. The zero-order valence-electron chi connectivity index (χ0n) is 10.3. The van der Waals surface area contributed by atoms with Gasteiger partial charge < -0.3 is 9.47 Å². The molecule has 0 heterocycles. The Labute approximate surface area is 110 Å². The Morgan fingerprint density at radius 2 is 2.12 bits per heavy atom. The zero-order valence-corrected chi connectivity index (χ0v) is 11.9. The van der Waals surface area contributed by atoms with Crippen molar-refractivity contribution in [1.82, 2.24) is 0 Å². The van der Waals surface area contributed by atoms with E-state index >= 15 is 0 Å². The monoisotopic (exact) mass is 300 g/mol. The van der Waals surface area contributed by atoms with Crippen LogP contribution in [-0.4, -0.2) is 26.1 Å². The van der Waals surface area contributed by atoms with E-state index in [2.05, 4.69) is 15.9 Å². The number of Topliss-reactive ketones (excluding diaryl/α,β-unsaturated/α-hetero) is 1. The van der Waals surface area contributed by atoms with Gasteiger partial charge in [0.2, 0.25) is 0 Å². The van der Waals surface area contributed by atoms with Crippen LogP contribution in [0.3, 0.4) is 0 Å². The molecule has 0 amide bonds. The van der Waals surface area contributed by atoms with E-state index in [-0.39, 0.29) is 11.9 Å². The Morgan fingerprint density at radius 3 is 2.71 bits per heavy atom. The number of rotatable bonds is 6. The van der Waals surface area contributed by atoms with Crippen LogP contribution in [0.25, 0.3) is 0 Å². The van der Waals surface area contributed by atoms with E-state index in [4.69, 9.17) is 9.47 Å². The largest absolute Gasteiger partial charge is 0.497 e. The second kappa shape index (κ2) is 6.77. The van der Waals surface area contributed by atoms with Crippen LogP contribution in [0.5, 0.6) is 5.75 Å². The summed E-state index contributed by atoms with van der Waals surface area (Å²) in [5.74, 6) is 0.920. The minimum atomic E-state index is -0.0353. The summed E-state index contributed by atoms with van der Waals surface area (Å²) < 4.78 is 11.1. The zero-order chi connectivity index (χ0) is 12.8. The second-order valence-electron chi connectivity index (χ2n) is 3.92. The molecule has 0 N–H and O–H groups in total. The van der Waals surface area contributed by atoms with Gasteiger partial charge in [-0.1, -0.05) is 15.9 Å². The van der Waals surface area contributed by atoms with Crippen molar-refractivity contribution in [2.24, 2.45) is 0 Å². The lowest BCUT2D eigenvalue weighted by molar-refractivity contribution is -0.120. The van der Waals surface area contributed by atoms with Crippen molar-refractivity contribution in [3.63, 3.8) is 0 Å². The van der Waals surface area contributed by atoms with Gasteiger partial charge in [-0.2, -0.15) is 0 Å². The number of hydrogen-bond donors (Lipinski definition) is 0. The Bertz CT molecular complexity index is 390. The van der Waals surface area contributed by atoms with Crippen LogP contribution in [0.1, 0.15) is 18.9 Å². The van der Waals surface area contributed by atoms with Crippen LogP contribution in [0, 0.1) is 0 Å². The molecule has 0 bridgehead atoms. The summed E-state index contributed by atoms with van der Waals surface area (Å²) >= 11 is 3.43. The van der Waals surface area contributed by atoms with Crippen molar-refractivity contribution in [2.45, 2.75) is 25.9 Å². The molecular formula is C13H17BrO3. The lowest BCUT2D eigenvalue weighted by atomic mass is 10.0. The SMILES string of the molecule is COc1ccc(Br)c(CC(=O)CC(C)OC)c1. The van der Waals surface area contributed by atoms with Crippen molar-refractivity contribution in [3.8, 4) is 5.75 Å². The van der Waals surface area contributed by atoms with Gasteiger partial charge in [-0.3, -0.25) is 4.79 Å². The highest BCUT2D eigenvalue weighted by atomic mass is 79.9. The van der Waals surface area contributed by atoms with E-state index in [1.807, 2.05) is 25.1 Å². The Hall–Kier alpha value is -0.870. The maximum atomic E-state index is 11.8. The fourth-order valence-corrected chi connectivity index (χ4v) is 1.89. The fourth-order valence-electron chi connectivity index (χ4n) is 1.50. The molecule has 1 aromatic carbocycles. The minimum Gasteiger partial charge on any atom is -0.497 e. The summed E-state index contributed by atoms with van der Waals surface area (Å²) in [5, 5.41) is 0. The number of benzene rings is 1. The van der Waals surface area contributed by atoms with Crippen LogP contribution < -0.4 is 4.74 Å². The van der Waals surface area contributed by atoms with Crippen LogP contribution in [0.15, 0.2) is 22.7 Å². The highest BCUT2D eigenvalue weighted by Crippen LogP contribution is 2.23. The summed E-state index contributed by atoms with van der Waals surface area (Å²) in [5.41, 5.74) is 0.942. The first-order valence-corrected chi connectivity index (χ1v) is 6.23. The van der Waals surface area contributed by atoms with Crippen LogP contribution in [-0.2, 0) is 16.0 Å². The van der Waals surface area contributed by atoms with Gasteiger partial charge in [0, 0.05) is 24.4 Å². The minimum absolute atomic E-state index is 0.0353. The third-order valence-electron chi connectivity index (χ3n) is 2.56. The molecule has 1 atom stereocenters. The average Bonchev–Trinajstić information content (AvgIpc) is 2.31. The van der Waals surface area contributed by atoms with Crippen molar-refractivity contribution >= 4 is 21.7 Å². The first-order valence-electron chi connectivity index (χ1n) is 5.43. The van der Waals surface area contributed by atoms with Gasteiger partial charge in [0.15, 0.2) is 0 Å². The number of halogens is 1. The van der Waals surface area contributed by atoms with Crippen molar-refractivity contribution < 1.29 is 14.3 Å². The van der Waals surface area contributed by atoms with Gasteiger partial charge in [-0.05, 0) is 30.7 Å². The Kier molecular flexibility index (Phi) is 5.65. The fraction of sp³-hybridized carbons (Fsp3) is 0.462. The predicted octanol–water partition coefficient (Wildman–Crippen LogP) is 2.99. The van der Waals surface area contributed by atoms with Crippen LogP contribution in [0.4, 0.5) is 0 Å². The number of carbonyl (C=O) groups is 1. The average molecular weight is 301 g/mol. The maximum Gasteiger partial charge on any atom is 0.139 e. The van der Waals surface area contributed by atoms with E-state index in [0.717, 1.165) is 15.8 Å². The van der Waals surface area contributed by atoms with Crippen molar-refractivity contribution in [1.29, 1.82) is 0 Å². The molecule has 3 nitrogen and oxygen atoms in total. The number of methoxy groups -OCH3 is 2. The van der Waals surface area contributed by atoms with Crippen molar-refractivity contribution in [2.75, 3.05) is 14.2 Å². The highest BCUT2D eigenvalue weighted by Gasteiger charge is 2.11. The highest BCUT2D eigenvalue weighted by molar-refractivity contribution is 9.10. The van der Waals surface area contributed by atoms with E-state index < -0.39 is 0 Å². The molecule has 1 rings (SSSR count).